The molecule has 1 N–H and O–H groups in total. The van der Waals surface area contributed by atoms with E-state index in [1.807, 2.05) is 13.8 Å². The van der Waals surface area contributed by atoms with E-state index in [2.05, 4.69) is 6.58 Å². The molecule has 0 aromatic carbocycles. The van der Waals surface area contributed by atoms with Gasteiger partial charge in [0.05, 0.1) is 11.3 Å². The van der Waals surface area contributed by atoms with Crippen LogP contribution in [0.3, 0.4) is 0 Å². The Kier molecular flexibility index (Phi) is 9.96. The molecule has 0 aromatic heterocycles. The van der Waals surface area contributed by atoms with Gasteiger partial charge in [0.1, 0.15) is 24.4 Å². The minimum atomic E-state index is -2.11. The first kappa shape index (κ1) is 33.3. The van der Waals surface area contributed by atoms with E-state index >= 15 is 0 Å². The van der Waals surface area contributed by atoms with Crippen LogP contribution in [-0.4, -0.2) is 71.1 Å². The van der Waals surface area contributed by atoms with Crippen LogP contribution >= 0.6 is 0 Å². The zero-order valence-electron chi connectivity index (χ0n) is 25.8. The van der Waals surface area contributed by atoms with Crippen LogP contribution in [0.25, 0.3) is 0 Å². The number of hydrogen-bond donors (Lipinski definition) is 1. The lowest BCUT2D eigenvalue weighted by Gasteiger charge is -2.55. The normalized spacial score (nSPS) is 37.8. The number of ether oxygens (including phenoxy) is 5. The van der Waals surface area contributed by atoms with Crippen LogP contribution in [0.2, 0.25) is 0 Å². The molecular weight excluding hydrogens is 548 g/mol. The van der Waals surface area contributed by atoms with Crippen LogP contribution in [0, 0.1) is 23.2 Å². The minimum absolute atomic E-state index is 0.00807. The van der Waals surface area contributed by atoms with Crippen molar-refractivity contribution < 1.29 is 52.8 Å². The average Bonchev–Trinajstić information content (AvgIpc) is 3.06. The molecule has 0 radical (unpaired) electrons. The van der Waals surface area contributed by atoms with E-state index in [4.69, 9.17) is 23.7 Å². The Labute approximate surface area is 246 Å². The molecule has 0 bridgehead atoms. The molecular formula is C31H44O11. The van der Waals surface area contributed by atoms with Gasteiger partial charge in [0.15, 0.2) is 11.7 Å². The van der Waals surface area contributed by atoms with E-state index in [0.717, 1.165) is 0 Å². The maximum atomic E-state index is 13.0. The second-order valence-electron chi connectivity index (χ2n) is 12.5. The maximum Gasteiger partial charge on any atom is 0.312 e. The molecule has 1 saturated carbocycles. The van der Waals surface area contributed by atoms with E-state index in [1.165, 1.54) is 33.8 Å². The van der Waals surface area contributed by atoms with Crippen LogP contribution in [0.5, 0.6) is 0 Å². The molecule has 3 aliphatic rings. The third-order valence-corrected chi connectivity index (χ3v) is 8.84. The molecule has 3 rings (SSSR count). The van der Waals surface area contributed by atoms with Crippen LogP contribution in [-0.2, 0) is 47.7 Å². The first-order valence-corrected chi connectivity index (χ1v) is 14.4. The zero-order valence-corrected chi connectivity index (χ0v) is 25.8. The topological polar surface area (TPSA) is 152 Å². The van der Waals surface area contributed by atoms with Crippen LogP contribution < -0.4 is 0 Å². The Morgan fingerprint density at radius 3 is 2.17 bits per heavy atom. The Balaban J connectivity index is 2.38. The highest BCUT2D eigenvalue weighted by atomic mass is 16.6. The third-order valence-electron chi connectivity index (χ3n) is 8.84. The summed E-state index contributed by atoms with van der Waals surface area (Å²) in [5.41, 5.74) is -2.50. The van der Waals surface area contributed by atoms with E-state index in [1.54, 1.807) is 13.8 Å². The Hall–Kier alpha value is -3.21. The fourth-order valence-electron chi connectivity index (χ4n) is 6.73. The number of carbonyl (C=O) groups is 5. The molecule has 1 aliphatic heterocycles. The molecule has 2 unspecified atom stereocenters. The first-order chi connectivity index (χ1) is 19.4. The van der Waals surface area contributed by atoms with Crippen molar-refractivity contribution in [2.45, 2.75) is 117 Å². The van der Waals surface area contributed by atoms with Crippen LogP contribution in [0.15, 0.2) is 23.8 Å². The summed E-state index contributed by atoms with van der Waals surface area (Å²) in [5, 5.41) is 12.5. The van der Waals surface area contributed by atoms with Crippen molar-refractivity contribution >= 4 is 29.8 Å². The molecule has 42 heavy (non-hydrogen) atoms. The predicted octanol–water partition coefficient (Wildman–Crippen LogP) is 3.35. The number of rotatable bonds is 6. The minimum Gasteiger partial charge on any atom is -0.462 e. The largest absolute Gasteiger partial charge is 0.462 e. The van der Waals surface area contributed by atoms with Gasteiger partial charge in [0, 0.05) is 39.5 Å². The van der Waals surface area contributed by atoms with E-state index in [0.29, 0.717) is 24.0 Å². The summed E-state index contributed by atoms with van der Waals surface area (Å²) < 4.78 is 29.2. The molecule has 0 amide bonds. The van der Waals surface area contributed by atoms with Gasteiger partial charge in [-0.25, -0.2) is 0 Å². The van der Waals surface area contributed by atoms with Gasteiger partial charge in [0.25, 0.3) is 0 Å². The molecule has 0 aromatic rings. The quantitative estimate of drug-likeness (QED) is 0.275. The number of esters is 5. The van der Waals surface area contributed by atoms with E-state index in [-0.39, 0.29) is 18.8 Å². The number of aliphatic hydroxyl groups is 1. The van der Waals surface area contributed by atoms with Crippen LogP contribution in [0.1, 0.15) is 81.1 Å². The number of hydrogen-bond acceptors (Lipinski definition) is 11. The Morgan fingerprint density at radius 2 is 1.62 bits per heavy atom. The van der Waals surface area contributed by atoms with Gasteiger partial charge in [-0.2, -0.15) is 0 Å². The molecule has 9 atom stereocenters. The SMILES string of the molecule is C=C1CC[C@H](OC(C)=O)[C@]2(C)[C@@H](OC(C)=O)CC(OC(=O)CC(C)C)/C(C)=C\[C@@H]3OC(=O)[C@H](C)[C@@]3(O)C(OC(C)=O)[C@@H]12. The monoisotopic (exact) mass is 592 g/mol. The van der Waals surface area contributed by atoms with Gasteiger partial charge in [-0.1, -0.05) is 32.9 Å². The van der Waals surface area contributed by atoms with Crippen molar-refractivity contribution in [3.63, 3.8) is 0 Å². The molecule has 234 valence electrons. The maximum absolute atomic E-state index is 13.0. The molecule has 1 saturated heterocycles. The summed E-state index contributed by atoms with van der Waals surface area (Å²) in [6.07, 6.45) is -3.43. The van der Waals surface area contributed by atoms with Gasteiger partial charge in [-0.3, -0.25) is 24.0 Å². The molecule has 0 spiro atoms. The highest BCUT2D eigenvalue weighted by molar-refractivity contribution is 5.78. The second kappa shape index (κ2) is 12.6. The fraction of sp³-hybridized carbons (Fsp3) is 0.710. The van der Waals surface area contributed by atoms with Crippen molar-refractivity contribution in [1.29, 1.82) is 0 Å². The lowest BCUT2D eigenvalue weighted by atomic mass is 9.54. The van der Waals surface area contributed by atoms with E-state index in [9.17, 15) is 29.1 Å². The molecule has 2 fully saturated rings. The summed E-state index contributed by atoms with van der Waals surface area (Å²) in [6.45, 7) is 16.5. The van der Waals surface area contributed by atoms with Crippen molar-refractivity contribution in [1.82, 2.24) is 0 Å². The summed E-state index contributed by atoms with van der Waals surface area (Å²) in [4.78, 5) is 63.4. The second-order valence-corrected chi connectivity index (χ2v) is 12.5. The predicted molar refractivity (Wildman–Crippen MR) is 148 cm³/mol. The summed E-state index contributed by atoms with van der Waals surface area (Å²) >= 11 is 0. The van der Waals surface area contributed by atoms with Gasteiger partial charge in [-0.15, -0.1) is 0 Å². The van der Waals surface area contributed by atoms with Gasteiger partial charge in [0.2, 0.25) is 0 Å². The Morgan fingerprint density at radius 1 is 1.05 bits per heavy atom. The van der Waals surface area contributed by atoms with Crippen molar-refractivity contribution in [3.05, 3.63) is 23.8 Å². The summed E-state index contributed by atoms with van der Waals surface area (Å²) in [6, 6.07) is 0. The highest BCUT2D eigenvalue weighted by Gasteiger charge is 2.67. The number of carbonyl (C=O) groups excluding carboxylic acids is 5. The molecule has 2 aliphatic carbocycles. The zero-order chi connectivity index (χ0) is 31.7. The summed E-state index contributed by atoms with van der Waals surface area (Å²) in [5.74, 6) is -5.29. The smallest absolute Gasteiger partial charge is 0.312 e. The van der Waals surface area contributed by atoms with E-state index < -0.39 is 83.2 Å². The van der Waals surface area contributed by atoms with Crippen LogP contribution in [0.4, 0.5) is 0 Å². The standard InChI is InChI=1S/C31H44O11/c1-15(2)12-26(35)41-22-14-24(39-20(7)33)30(9)23(38-19(6)32)11-10-16(3)27(30)28(40-21(8)34)31(37)18(5)29(36)42-25(31)13-17(22)4/h13,15,18,22-25,27-28,37H,3,10-12,14H2,1-2,4-9H3/b17-13-/t18-,22?,23-,24-,25-,27+,28?,30+,31-/m0/s1. The van der Waals surface area contributed by atoms with Gasteiger partial charge >= 0.3 is 29.8 Å². The number of fused-ring (bicyclic) bond motifs is 2. The molecule has 11 heteroatoms. The third kappa shape index (κ3) is 6.40. The lowest BCUT2D eigenvalue weighted by molar-refractivity contribution is -0.222. The molecule has 1 heterocycles. The fourth-order valence-corrected chi connectivity index (χ4v) is 6.73. The Bertz CT molecular complexity index is 1160. The first-order valence-electron chi connectivity index (χ1n) is 14.4. The van der Waals surface area contributed by atoms with Gasteiger partial charge < -0.3 is 28.8 Å². The molecule has 11 nitrogen and oxygen atoms in total. The summed E-state index contributed by atoms with van der Waals surface area (Å²) in [7, 11) is 0. The van der Waals surface area contributed by atoms with Crippen molar-refractivity contribution in [2.75, 3.05) is 0 Å². The van der Waals surface area contributed by atoms with Gasteiger partial charge in [-0.05, 0) is 44.3 Å². The van der Waals surface area contributed by atoms with Crippen molar-refractivity contribution in [3.8, 4) is 0 Å². The van der Waals surface area contributed by atoms with Crippen molar-refractivity contribution in [2.24, 2.45) is 23.2 Å². The lowest BCUT2D eigenvalue weighted by Crippen LogP contribution is -2.66. The highest BCUT2D eigenvalue weighted by Crippen LogP contribution is 2.56. The average molecular weight is 593 g/mol.